The first kappa shape index (κ1) is 11.8. The van der Waals surface area contributed by atoms with Gasteiger partial charge in [0.1, 0.15) is 6.26 Å². The van der Waals surface area contributed by atoms with Gasteiger partial charge < -0.3 is 9.87 Å². The molecule has 0 amide bonds. The van der Waals surface area contributed by atoms with Crippen molar-refractivity contribution in [1.29, 1.82) is 0 Å². The van der Waals surface area contributed by atoms with E-state index < -0.39 is 11.2 Å². The van der Waals surface area contributed by atoms with Crippen LogP contribution in [0.1, 0.15) is 5.56 Å². The quantitative estimate of drug-likeness (QED) is 0.448. The van der Waals surface area contributed by atoms with Crippen molar-refractivity contribution in [2.75, 3.05) is 18.6 Å². The molecule has 0 aliphatic rings. The van der Waals surface area contributed by atoms with Crippen molar-refractivity contribution < 1.29 is 4.55 Å². The molecule has 78 valence electrons. The minimum Gasteiger partial charge on any atom is -0.610 e. The van der Waals surface area contributed by atoms with E-state index in [1.165, 1.54) is 0 Å². The zero-order chi connectivity index (χ0) is 10.4. The highest BCUT2D eigenvalue weighted by Crippen LogP contribution is 2.05. The van der Waals surface area contributed by atoms with Crippen LogP contribution in [0.15, 0.2) is 23.4 Å². The van der Waals surface area contributed by atoms with Crippen molar-refractivity contribution in [3.8, 4) is 0 Å². The van der Waals surface area contributed by atoms with Crippen LogP contribution in [0.25, 0.3) is 0 Å². The summed E-state index contributed by atoms with van der Waals surface area (Å²) in [5, 5.41) is 3.84. The van der Waals surface area contributed by atoms with Gasteiger partial charge in [-0.05, 0) is 11.6 Å². The van der Waals surface area contributed by atoms with Crippen molar-refractivity contribution >= 4 is 23.8 Å². The van der Waals surface area contributed by atoms with Crippen LogP contribution in [0.5, 0.6) is 0 Å². The predicted molar refractivity (Wildman–Crippen MR) is 62.1 cm³/mol. The molecular weight excluding hydrogens is 216 g/mol. The Morgan fingerprint density at radius 3 is 2.86 bits per heavy atom. The second-order valence-corrected chi connectivity index (χ2v) is 4.63. The topological polar surface area (TPSA) is 48.0 Å². The lowest BCUT2D eigenvalue weighted by molar-refractivity contribution is 0.597. The average molecular weight is 230 g/mol. The highest BCUT2D eigenvalue weighted by molar-refractivity contribution is 7.90. The molecule has 3 nitrogen and oxygen atoms in total. The molecule has 1 heterocycles. The van der Waals surface area contributed by atoms with E-state index in [-0.39, 0.29) is 0 Å². The Balaban J connectivity index is 2.47. The van der Waals surface area contributed by atoms with E-state index in [1.807, 2.05) is 6.07 Å². The van der Waals surface area contributed by atoms with Gasteiger partial charge in [-0.1, -0.05) is 0 Å². The zero-order valence-corrected chi connectivity index (χ0v) is 9.78. The van der Waals surface area contributed by atoms with Gasteiger partial charge in [0.05, 0.1) is 0 Å². The van der Waals surface area contributed by atoms with Crippen LogP contribution < -0.4 is 5.32 Å². The smallest absolute Gasteiger partial charge is 0.244 e. The summed E-state index contributed by atoms with van der Waals surface area (Å²) in [5.74, 6) is 0.824. The minimum atomic E-state index is -0.988. The predicted octanol–water partition coefficient (Wildman–Crippen LogP) is 0.838. The van der Waals surface area contributed by atoms with Crippen molar-refractivity contribution in [3.05, 3.63) is 23.9 Å². The summed E-state index contributed by atoms with van der Waals surface area (Å²) in [4.78, 5) is 4.10. The maximum Gasteiger partial charge on any atom is 0.244 e. The van der Waals surface area contributed by atoms with Gasteiger partial charge in [0, 0.05) is 42.3 Å². The molecule has 1 aromatic heterocycles. The summed E-state index contributed by atoms with van der Waals surface area (Å²) in [6.45, 7) is 1.66. The molecule has 0 saturated heterocycles. The van der Waals surface area contributed by atoms with E-state index in [4.69, 9.17) is 0 Å². The molecule has 1 rings (SSSR count). The summed E-state index contributed by atoms with van der Waals surface area (Å²) in [7, 11) is 0. The summed E-state index contributed by atoms with van der Waals surface area (Å²) in [6, 6.07) is 3.74. The molecule has 1 aromatic rings. The fourth-order valence-electron chi connectivity index (χ4n) is 0.997. The molecule has 0 aliphatic carbocycles. The summed E-state index contributed by atoms with van der Waals surface area (Å²) in [5.41, 5.74) is 1.10. The number of rotatable bonds is 5. The standard InChI is InChI=1S/C9H14N2OS2/c1-14(12)9-3-2-8(7-11-9)6-10-4-5-13/h2-3,7,10,13H,4-6H2,1H3. The monoisotopic (exact) mass is 230 g/mol. The van der Waals surface area contributed by atoms with Gasteiger partial charge in [0.2, 0.25) is 5.03 Å². The maximum absolute atomic E-state index is 11.0. The van der Waals surface area contributed by atoms with E-state index >= 15 is 0 Å². The summed E-state index contributed by atoms with van der Waals surface area (Å²) < 4.78 is 11.0. The van der Waals surface area contributed by atoms with Gasteiger partial charge in [-0.2, -0.15) is 12.6 Å². The van der Waals surface area contributed by atoms with Crippen molar-refractivity contribution in [2.24, 2.45) is 0 Å². The fourth-order valence-corrected chi connectivity index (χ4v) is 1.62. The number of hydrogen-bond donors (Lipinski definition) is 2. The van der Waals surface area contributed by atoms with E-state index in [0.717, 1.165) is 24.4 Å². The highest BCUT2D eigenvalue weighted by Gasteiger charge is 2.04. The SMILES string of the molecule is C[S+]([O-])c1ccc(CNCCS)cn1. The molecule has 1 N–H and O–H groups in total. The van der Waals surface area contributed by atoms with Gasteiger partial charge in [0.25, 0.3) is 0 Å². The molecule has 0 radical (unpaired) electrons. The molecule has 0 spiro atoms. The van der Waals surface area contributed by atoms with Gasteiger partial charge in [-0.15, -0.1) is 0 Å². The van der Waals surface area contributed by atoms with Crippen LogP contribution in [0.3, 0.4) is 0 Å². The molecule has 0 aliphatic heterocycles. The third kappa shape index (κ3) is 3.88. The number of hydrogen-bond acceptors (Lipinski definition) is 4. The van der Waals surface area contributed by atoms with Crippen LogP contribution in [-0.2, 0) is 17.7 Å². The molecule has 1 unspecified atom stereocenters. The van der Waals surface area contributed by atoms with E-state index in [9.17, 15) is 4.55 Å². The van der Waals surface area contributed by atoms with Gasteiger partial charge in [-0.3, -0.25) is 0 Å². The van der Waals surface area contributed by atoms with Crippen LogP contribution in [0.4, 0.5) is 0 Å². The van der Waals surface area contributed by atoms with E-state index in [2.05, 4.69) is 22.9 Å². The molecule has 1 atom stereocenters. The Hall–Kier alpha value is -0.230. The number of aromatic nitrogens is 1. The third-order valence-electron chi connectivity index (χ3n) is 1.71. The van der Waals surface area contributed by atoms with Crippen LogP contribution in [0, 0.1) is 0 Å². The highest BCUT2D eigenvalue weighted by atomic mass is 32.2. The van der Waals surface area contributed by atoms with Crippen LogP contribution in [-0.4, -0.2) is 28.1 Å². The Morgan fingerprint density at radius 2 is 2.36 bits per heavy atom. The minimum absolute atomic E-state index is 0.628. The lowest BCUT2D eigenvalue weighted by Gasteiger charge is -2.05. The lowest BCUT2D eigenvalue weighted by Crippen LogP contribution is -2.16. The maximum atomic E-state index is 11.0. The van der Waals surface area contributed by atoms with E-state index in [0.29, 0.717) is 5.03 Å². The summed E-state index contributed by atoms with van der Waals surface area (Å²) in [6.07, 6.45) is 3.38. The first-order chi connectivity index (χ1) is 6.74. The molecule has 0 aromatic carbocycles. The average Bonchev–Trinajstić information content (AvgIpc) is 2.19. The van der Waals surface area contributed by atoms with Gasteiger partial charge in [0.15, 0.2) is 0 Å². The normalized spacial score (nSPS) is 12.8. The van der Waals surface area contributed by atoms with Crippen molar-refractivity contribution in [2.45, 2.75) is 11.6 Å². The lowest BCUT2D eigenvalue weighted by atomic mass is 10.3. The third-order valence-corrected chi connectivity index (χ3v) is 2.76. The second kappa shape index (κ2) is 6.29. The number of nitrogens with one attached hydrogen (secondary N) is 1. The molecular formula is C9H14N2OS2. The Labute approximate surface area is 92.9 Å². The molecule has 0 bridgehead atoms. The number of thiol groups is 1. The van der Waals surface area contributed by atoms with Gasteiger partial charge in [-0.25, -0.2) is 4.98 Å². The fraction of sp³-hybridized carbons (Fsp3) is 0.444. The first-order valence-corrected chi connectivity index (χ1v) is 6.53. The van der Waals surface area contributed by atoms with Gasteiger partial charge >= 0.3 is 0 Å². The first-order valence-electron chi connectivity index (χ1n) is 4.34. The molecule has 0 fully saturated rings. The number of pyridine rings is 1. The summed E-state index contributed by atoms with van der Waals surface area (Å²) >= 11 is 3.10. The van der Waals surface area contributed by atoms with Crippen LogP contribution in [0.2, 0.25) is 0 Å². The molecule has 14 heavy (non-hydrogen) atoms. The zero-order valence-electron chi connectivity index (χ0n) is 8.06. The Bertz CT molecular complexity index is 264. The second-order valence-electron chi connectivity index (χ2n) is 2.86. The Morgan fingerprint density at radius 1 is 1.57 bits per heavy atom. The van der Waals surface area contributed by atoms with Crippen LogP contribution >= 0.6 is 12.6 Å². The van der Waals surface area contributed by atoms with Crippen molar-refractivity contribution in [1.82, 2.24) is 10.3 Å². The number of nitrogens with zero attached hydrogens (tertiary/aromatic N) is 1. The van der Waals surface area contributed by atoms with E-state index in [1.54, 1.807) is 18.5 Å². The molecule has 0 saturated carbocycles. The molecule has 5 heteroatoms. The van der Waals surface area contributed by atoms with Crippen molar-refractivity contribution in [3.63, 3.8) is 0 Å². The Kier molecular flexibility index (Phi) is 5.32. The largest absolute Gasteiger partial charge is 0.610 e.